The van der Waals surface area contributed by atoms with Gasteiger partial charge in [0.15, 0.2) is 6.61 Å². The number of hydrogen-bond acceptors (Lipinski definition) is 6. The van der Waals surface area contributed by atoms with Crippen molar-refractivity contribution in [2.45, 2.75) is 27.2 Å². The summed E-state index contributed by atoms with van der Waals surface area (Å²) in [6.07, 6.45) is 0.813. The molecule has 2 aromatic rings. The van der Waals surface area contributed by atoms with E-state index >= 15 is 0 Å². The van der Waals surface area contributed by atoms with Gasteiger partial charge in [0.05, 0.1) is 22.4 Å². The normalized spacial score (nSPS) is 12.5. The highest BCUT2D eigenvalue weighted by Gasteiger charge is 2.37. The molecule has 0 saturated carbocycles. The summed E-state index contributed by atoms with van der Waals surface area (Å²) >= 11 is 0. The van der Waals surface area contributed by atoms with Crippen LogP contribution in [0.15, 0.2) is 42.5 Å². The Morgan fingerprint density at radius 1 is 0.970 bits per heavy atom. The summed E-state index contributed by atoms with van der Waals surface area (Å²) in [6.45, 7) is 5.50. The smallest absolute Gasteiger partial charge is 0.338 e. The standard InChI is InChI=1S/C24H25N3O6/c1-14(2)10-11-25-21(29)13-33-24(32)16-4-9-19-20(12-16)23(31)27(22(19)30)18-7-5-17(6-8-18)26-15(3)28/h4-9,12,14H,10-11,13H2,1-3H3,(H,25,29)(H,26,28). The predicted molar refractivity (Wildman–Crippen MR) is 121 cm³/mol. The molecule has 0 aromatic heterocycles. The molecule has 3 rings (SSSR count). The number of ether oxygens (including phenoxy) is 1. The fourth-order valence-electron chi connectivity index (χ4n) is 3.27. The highest BCUT2D eigenvalue weighted by Crippen LogP contribution is 2.30. The van der Waals surface area contributed by atoms with Gasteiger partial charge < -0.3 is 15.4 Å². The van der Waals surface area contributed by atoms with Gasteiger partial charge in [-0.25, -0.2) is 9.69 Å². The van der Waals surface area contributed by atoms with Crippen LogP contribution in [0.3, 0.4) is 0 Å². The molecule has 0 bridgehead atoms. The Morgan fingerprint density at radius 2 is 1.64 bits per heavy atom. The number of amides is 4. The molecule has 0 unspecified atom stereocenters. The van der Waals surface area contributed by atoms with Crippen LogP contribution in [0.4, 0.5) is 11.4 Å². The molecule has 33 heavy (non-hydrogen) atoms. The molecule has 2 N–H and O–H groups in total. The van der Waals surface area contributed by atoms with Crippen LogP contribution in [0, 0.1) is 5.92 Å². The first-order valence-corrected chi connectivity index (χ1v) is 10.5. The van der Waals surface area contributed by atoms with Gasteiger partial charge >= 0.3 is 5.97 Å². The Morgan fingerprint density at radius 3 is 2.27 bits per heavy atom. The van der Waals surface area contributed by atoms with Crippen molar-refractivity contribution in [2.24, 2.45) is 5.92 Å². The average Bonchev–Trinajstić information content (AvgIpc) is 3.01. The van der Waals surface area contributed by atoms with E-state index in [1.54, 1.807) is 24.3 Å². The molecule has 0 aliphatic carbocycles. The second-order valence-electron chi connectivity index (χ2n) is 8.04. The van der Waals surface area contributed by atoms with Crippen molar-refractivity contribution < 1.29 is 28.7 Å². The fourth-order valence-corrected chi connectivity index (χ4v) is 3.27. The summed E-state index contributed by atoms with van der Waals surface area (Å²) in [5.41, 5.74) is 1.15. The minimum absolute atomic E-state index is 0.0627. The van der Waals surface area contributed by atoms with Crippen LogP contribution in [0.1, 0.15) is 58.3 Å². The number of carbonyl (C=O) groups is 5. The van der Waals surface area contributed by atoms with Gasteiger partial charge in [-0.1, -0.05) is 13.8 Å². The molecule has 0 fully saturated rings. The molecule has 1 heterocycles. The average molecular weight is 451 g/mol. The van der Waals surface area contributed by atoms with Gasteiger partial charge in [-0.2, -0.15) is 0 Å². The summed E-state index contributed by atoms with van der Waals surface area (Å²) in [5.74, 6) is -2.08. The quantitative estimate of drug-likeness (QED) is 0.470. The maximum atomic E-state index is 12.9. The Balaban J connectivity index is 1.68. The lowest BCUT2D eigenvalue weighted by molar-refractivity contribution is -0.124. The van der Waals surface area contributed by atoms with E-state index in [2.05, 4.69) is 10.6 Å². The zero-order valence-corrected chi connectivity index (χ0v) is 18.6. The number of hydrogen-bond donors (Lipinski definition) is 2. The molecule has 0 saturated heterocycles. The molecule has 9 nitrogen and oxygen atoms in total. The van der Waals surface area contributed by atoms with Crippen molar-refractivity contribution in [1.82, 2.24) is 5.32 Å². The zero-order chi connectivity index (χ0) is 24.1. The minimum atomic E-state index is -0.768. The molecule has 9 heteroatoms. The molecule has 1 aliphatic heterocycles. The van der Waals surface area contributed by atoms with Gasteiger partial charge in [0, 0.05) is 19.2 Å². The van der Waals surface area contributed by atoms with E-state index in [0.717, 1.165) is 11.3 Å². The van der Waals surface area contributed by atoms with Crippen molar-refractivity contribution in [3.05, 3.63) is 59.2 Å². The lowest BCUT2D eigenvalue weighted by Gasteiger charge is -2.14. The number of fused-ring (bicyclic) bond motifs is 1. The minimum Gasteiger partial charge on any atom is -0.452 e. The molecule has 1 aliphatic rings. The van der Waals surface area contributed by atoms with E-state index in [1.807, 2.05) is 13.8 Å². The Hall–Kier alpha value is -4.01. The lowest BCUT2D eigenvalue weighted by Crippen LogP contribution is -2.30. The van der Waals surface area contributed by atoms with Crippen molar-refractivity contribution in [2.75, 3.05) is 23.4 Å². The van der Waals surface area contributed by atoms with Crippen molar-refractivity contribution >= 4 is 41.0 Å². The fraction of sp³-hybridized carbons (Fsp3) is 0.292. The van der Waals surface area contributed by atoms with Gasteiger partial charge in [0.1, 0.15) is 0 Å². The number of carbonyl (C=O) groups excluding carboxylic acids is 5. The molecule has 172 valence electrons. The van der Waals surface area contributed by atoms with E-state index in [4.69, 9.17) is 4.74 Å². The number of esters is 1. The number of anilines is 2. The second-order valence-corrected chi connectivity index (χ2v) is 8.04. The van der Waals surface area contributed by atoms with Crippen LogP contribution < -0.4 is 15.5 Å². The molecule has 0 radical (unpaired) electrons. The first kappa shape index (κ1) is 23.6. The van der Waals surface area contributed by atoms with Crippen LogP contribution in [0.2, 0.25) is 0 Å². The van der Waals surface area contributed by atoms with E-state index < -0.39 is 30.3 Å². The molecule has 4 amide bonds. The van der Waals surface area contributed by atoms with Crippen LogP contribution in [-0.2, 0) is 14.3 Å². The molecule has 0 atom stereocenters. The maximum Gasteiger partial charge on any atom is 0.338 e. The van der Waals surface area contributed by atoms with Gasteiger partial charge in [-0.15, -0.1) is 0 Å². The third kappa shape index (κ3) is 5.62. The summed E-state index contributed by atoms with van der Waals surface area (Å²) in [5, 5.41) is 5.28. The summed E-state index contributed by atoms with van der Waals surface area (Å²) in [6, 6.07) is 10.3. The summed E-state index contributed by atoms with van der Waals surface area (Å²) in [7, 11) is 0. The van der Waals surface area contributed by atoms with Crippen molar-refractivity contribution in [1.29, 1.82) is 0 Å². The first-order valence-electron chi connectivity index (χ1n) is 10.5. The molecule has 2 aromatic carbocycles. The van der Waals surface area contributed by atoms with Crippen LogP contribution in [-0.4, -0.2) is 42.7 Å². The van der Waals surface area contributed by atoms with Crippen molar-refractivity contribution in [3.8, 4) is 0 Å². The summed E-state index contributed by atoms with van der Waals surface area (Å²) in [4.78, 5) is 62.0. The third-order valence-corrected chi connectivity index (χ3v) is 4.95. The number of benzene rings is 2. The molecule has 0 spiro atoms. The van der Waals surface area contributed by atoms with Gasteiger partial charge in [-0.3, -0.25) is 19.2 Å². The second kappa shape index (κ2) is 10.1. The lowest BCUT2D eigenvalue weighted by atomic mass is 10.1. The van der Waals surface area contributed by atoms with Crippen LogP contribution in [0.25, 0.3) is 0 Å². The number of nitrogens with zero attached hydrogens (tertiary/aromatic N) is 1. The van der Waals surface area contributed by atoms with E-state index in [-0.39, 0.29) is 22.6 Å². The number of nitrogens with one attached hydrogen (secondary N) is 2. The third-order valence-electron chi connectivity index (χ3n) is 4.95. The number of rotatable bonds is 8. The largest absolute Gasteiger partial charge is 0.452 e. The van der Waals surface area contributed by atoms with Gasteiger partial charge in [-0.05, 0) is 54.8 Å². The molecular weight excluding hydrogens is 426 g/mol. The van der Waals surface area contributed by atoms with Gasteiger partial charge in [0.2, 0.25) is 5.91 Å². The summed E-state index contributed by atoms with van der Waals surface area (Å²) < 4.78 is 5.03. The predicted octanol–water partition coefficient (Wildman–Crippen LogP) is 2.76. The topological polar surface area (TPSA) is 122 Å². The van der Waals surface area contributed by atoms with E-state index in [9.17, 15) is 24.0 Å². The van der Waals surface area contributed by atoms with Gasteiger partial charge in [0.25, 0.3) is 17.7 Å². The highest BCUT2D eigenvalue weighted by molar-refractivity contribution is 6.34. The van der Waals surface area contributed by atoms with E-state index in [1.165, 1.54) is 25.1 Å². The monoisotopic (exact) mass is 451 g/mol. The molecular formula is C24H25N3O6. The van der Waals surface area contributed by atoms with Crippen LogP contribution in [0.5, 0.6) is 0 Å². The Labute approximate surface area is 191 Å². The highest BCUT2D eigenvalue weighted by atomic mass is 16.5. The first-order chi connectivity index (χ1) is 15.7. The van der Waals surface area contributed by atoms with Crippen LogP contribution >= 0.6 is 0 Å². The number of imide groups is 1. The SMILES string of the molecule is CC(=O)Nc1ccc(N2C(=O)c3ccc(C(=O)OCC(=O)NCCC(C)C)cc3C2=O)cc1. The maximum absolute atomic E-state index is 12.9. The van der Waals surface area contributed by atoms with E-state index in [0.29, 0.717) is 23.8 Å². The zero-order valence-electron chi connectivity index (χ0n) is 18.6. The Bertz CT molecular complexity index is 1110. The van der Waals surface area contributed by atoms with Crippen molar-refractivity contribution in [3.63, 3.8) is 0 Å². The Kier molecular flexibility index (Phi) is 7.22.